The maximum atomic E-state index is 12.6. The standard InChI is InChI=1S/C15H31N2O7P.C7H15NO3/c1-4-6-8-23-14(20)12(10-18)16-25(3,22)17-13(11-19)15(21)24-9-7-5-2;1-2-3-4-11-7(10)6(8)5-9/h12-13,18-19H,4-11H2,1-3H3,(H2,16,17,22);6,9H,2-5,8H2,1H3. The van der Waals surface area contributed by atoms with E-state index in [0.717, 1.165) is 25.7 Å². The van der Waals surface area contributed by atoms with E-state index in [1.54, 1.807) is 0 Å². The quantitative estimate of drug-likeness (QED) is 0.0551. The normalized spacial score (nSPS) is 14.9. The Bertz CT molecular complexity index is 618. The van der Waals surface area contributed by atoms with Crippen LogP contribution in [0.1, 0.15) is 59.3 Å². The van der Waals surface area contributed by atoms with Gasteiger partial charge in [0.25, 0.3) is 0 Å². The van der Waals surface area contributed by atoms with Gasteiger partial charge in [-0.2, -0.15) is 0 Å². The summed E-state index contributed by atoms with van der Waals surface area (Å²) in [5.74, 6) is -1.99. The number of rotatable bonds is 19. The van der Waals surface area contributed by atoms with E-state index >= 15 is 0 Å². The van der Waals surface area contributed by atoms with Crippen LogP contribution in [0.4, 0.5) is 0 Å². The highest BCUT2D eigenvalue weighted by Crippen LogP contribution is 2.32. The summed E-state index contributed by atoms with van der Waals surface area (Å²) < 4.78 is 27.2. The second-order valence-electron chi connectivity index (χ2n) is 8.00. The molecular weight excluding hydrogens is 497 g/mol. The first-order valence-corrected chi connectivity index (χ1v) is 14.4. The molecule has 0 aliphatic rings. The fourth-order valence-electron chi connectivity index (χ4n) is 2.30. The van der Waals surface area contributed by atoms with Crippen LogP contribution in [0.3, 0.4) is 0 Å². The van der Waals surface area contributed by atoms with Crippen LogP contribution in [-0.4, -0.2) is 97.7 Å². The predicted octanol–water partition coefficient (Wildman–Crippen LogP) is 0.0462. The average molecular weight is 544 g/mol. The highest BCUT2D eigenvalue weighted by Gasteiger charge is 2.31. The Kier molecular flexibility index (Phi) is 22.9. The summed E-state index contributed by atoms with van der Waals surface area (Å²) in [5, 5.41) is 32.0. The third kappa shape index (κ3) is 18.6. The summed E-state index contributed by atoms with van der Waals surface area (Å²) >= 11 is 0. The Morgan fingerprint density at radius 3 is 1.33 bits per heavy atom. The summed E-state index contributed by atoms with van der Waals surface area (Å²) in [6.45, 7) is 6.34. The van der Waals surface area contributed by atoms with Gasteiger partial charge in [-0.25, -0.2) is 10.2 Å². The van der Waals surface area contributed by atoms with E-state index in [-0.39, 0.29) is 19.8 Å². The van der Waals surface area contributed by atoms with Gasteiger partial charge in [0.05, 0.1) is 39.6 Å². The molecule has 0 amide bonds. The van der Waals surface area contributed by atoms with E-state index in [9.17, 15) is 29.2 Å². The number of aliphatic hydroxyl groups excluding tert-OH is 3. The van der Waals surface area contributed by atoms with Crippen LogP contribution < -0.4 is 15.9 Å². The molecule has 3 atom stereocenters. The third-order valence-electron chi connectivity index (χ3n) is 4.46. The van der Waals surface area contributed by atoms with Gasteiger partial charge in [-0.15, -0.1) is 0 Å². The van der Waals surface area contributed by atoms with Gasteiger partial charge in [0.2, 0.25) is 7.44 Å². The number of unbranched alkanes of at least 4 members (excludes halogenated alkanes) is 3. The molecule has 0 aliphatic carbocycles. The molecule has 0 saturated carbocycles. The maximum absolute atomic E-state index is 12.6. The molecule has 7 N–H and O–H groups in total. The van der Waals surface area contributed by atoms with Crippen molar-refractivity contribution in [2.45, 2.75) is 77.4 Å². The number of hydrogen-bond donors (Lipinski definition) is 6. The van der Waals surface area contributed by atoms with Crippen molar-refractivity contribution < 1.29 is 48.5 Å². The fourth-order valence-corrected chi connectivity index (χ4v) is 3.94. The van der Waals surface area contributed by atoms with E-state index in [1.807, 2.05) is 20.8 Å². The Balaban J connectivity index is 0. The van der Waals surface area contributed by atoms with Crippen molar-refractivity contribution in [3.8, 4) is 0 Å². The van der Waals surface area contributed by atoms with Gasteiger partial charge >= 0.3 is 17.9 Å². The molecule has 0 aromatic rings. The number of ether oxygens (including phenoxy) is 3. The predicted molar refractivity (Wildman–Crippen MR) is 134 cm³/mol. The first-order valence-electron chi connectivity index (χ1n) is 12.2. The van der Waals surface area contributed by atoms with Gasteiger partial charge in [0.15, 0.2) is 0 Å². The number of esters is 3. The molecule has 0 spiro atoms. The molecule has 13 nitrogen and oxygen atoms in total. The molecule has 0 bridgehead atoms. The topological polar surface area (TPSA) is 207 Å². The summed E-state index contributed by atoms with van der Waals surface area (Å²) in [6, 6.07) is -3.28. The van der Waals surface area contributed by atoms with Crippen LogP contribution in [0.5, 0.6) is 0 Å². The molecule has 14 heteroatoms. The fraction of sp³-hybridized carbons (Fsp3) is 0.864. The van der Waals surface area contributed by atoms with Crippen LogP contribution >= 0.6 is 7.44 Å². The van der Waals surface area contributed by atoms with Crippen molar-refractivity contribution in [2.75, 3.05) is 46.3 Å². The summed E-state index contributed by atoms with van der Waals surface area (Å²) in [4.78, 5) is 34.5. The van der Waals surface area contributed by atoms with Crippen molar-refractivity contribution in [2.24, 2.45) is 5.73 Å². The van der Waals surface area contributed by atoms with Crippen LogP contribution in [-0.2, 0) is 33.2 Å². The first-order chi connectivity index (χ1) is 17.0. The number of nitrogens with two attached hydrogens (primary N) is 1. The lowest BCUT2D eigenvalue weighted by Gasteiger charge is -2.25. The Morgan fingerprint density at radius 1 is 0.722 bits per heavy atom. The highest BCUT2D eigenvalue weighted by molar-refractivity contribution is 7.59. The van der Waals surface area contributed by atoms with Gasteiger partial charge in [0, 0.05) is 6.66 Å². The molecule has 0 heterocycles. The minimum atomic E-state index is -3.45. The van der Waals surface area contributed by atoms with Crippen molar-refractivity contribution in [3.05, 3.63) is 0 Å². The highest BCUT2D eigenvalue weighted by atomic mass is 31.2. The summed E-state index contributed by atoms with van der Waals surface area (Å²) in [6.07, 6.45) is 4.86. The maximum Gasteiger partial charge on any atom is 0.325 e. The van der Waals surface area contributed by atoms with Crippen molar-refractivity contribution in [1.82, 2.24) is 10.2 Å². The third-order valence-corrected chi connectivity index (χ3v) is 6.07. The second kappa shape index (κ2) is 22.6. The molecule has 0 aromatic heterocycles. The van der Waals surface area contributed by atoms with Gasteiger partial charge < -0.3 is 35.3 Å². The lowest BCUT2D eigenvalue weighted by Crippen LogP contribution is -2.46. The zero-order valence-electron chi connectivity index (χ0n) is 21.9. The van der Waals surface area contributed by atoms with E-state index < -0.39 is 56.7 Å². The molecule has 0 saturated heterocycles. The zero-order valence-corrected chi connectivity index (χ0v) is 22.8. The SMILES string of the molecule is CCCCOC(=O)C(CO)NP(C)(=O)NC(CO)C(=O)OCCCC.CCCCOC(=O)C(N)CO. The molecule has 0 rings (SSSR count). The largest absolute Gasteiger partial charge is 0.464 e. The number of carbonyl (C=O) groups excluding carboxylic acids is 3. The molecule has 0 fully saturated rings. The number of aliphatic hydroxyl groups is 3. The van der Waals surface area contributed by atoms with Crippen molar-refractivity contribution >= 4 is 25.4 Å². The van der Waals surface area contributed by atoms with Crippen molar-refractivity contribution in [3.63, 3.8) is 0 Å². The van der Waals surface area contributed by atoms with E-state index in [2.05, 4.69) is 10.2 Å². The summed E-state index contributed by atoms with van der Waals surface area (Å²) in [7, 11) is -3.45. The average Bonchev–Trinajstić information content (AvgIpc) is 2.85. The molecule has 3 unspecified atom stereocenters. The van der Waals surface area contributed by atoms with Gasteiger partial charge in [-0.3, -0.25) is 18.9 Å². The minimum absolute atomic E-state index is 0.206. The van der Waals surface area contributed by atoms with Gasteiger partial charge in [-0.05, 0) is 19.3 Å². The summed E-state index contributed by atoms with van der Waals surface area (Å²) in [5.41, 5.74) is 5.17. The Morgan fingerprint density at radius 2 is 1.06 bits per heavy atom. The van der Waals surface area contributed by atoms with Crippen LogP contribution in [0, 0.1) is 0 Å². The molecule has 0 aromatic carbocycles. The van der Waals surface area contributed by atoms with Crippen LogP contribution in [0.15, 0.2) is 0 Å². The van der Waals surface area contributed by atoms with Crippen molar-refractivity contribution in [1.29, 1.82) is 0 Å². The Hall–Kier alpha value is -1.60. The first kappa shape index (κ1) is 36.6. The molecule has 0 radical (unpaired) electrons. The second-order valence-corrected chi connectivity index (χ2v) is 10.4. The lowest BCUT2D eigenvalue weighted by atomic mass is 10.3. The molecule has 36 heavy (non-hydrogen) atoms. The number of hydrogen-bond acceptors (Lipinski definition) is 11. The molecular formula is C22H46N3O10P. The van der Waals surface area contributed by atoms with E-state index in [0.29, 0.717) is 19.4 Å². The smallest absolute Gasteiger partial charge is 0.325 e. The van der Waals surface area contributed by atoms with Gasteiger partial charge in [0.1, 0.15) is 18.1 Å². The minimum Gasteiger partial charge on any atom is -0.464 e. The van der Waals surface area contributed by atoms with Crippen LogP contribution in [0.2, 0.25) is 0 Å². The van der Waals surface area contributed by atoms with Gasteiger partial charge in [-0.1, -0.05) is 40.0 Å². The lowest BCUT2D eigenvalue weighted by molar-refractivity contribution is -0.147. The Labute approximate surface area is 213 Å². The van der Waals surface area contributed by atoms with E-state index in [4.69, 9.17) is 25.1 Å². The monoisotopic (exact) mass is 543 g/mol. The molecule has 214 valence electrons. The van der Waals surface area contributed by atoms with Crippen LogP contribution in [0.25, 0.3) is 0 Å². The number of nitrogens with one attached hydrogen (secondary N) is 2. The molecule has 0 aliphatic heterocycles. The van der Waals surface area contributed by atoms with E-state index in [1.165, 1.54) is 6.66 Å². The zero-order chi connectivity index (χ0) is 28.0. The number of carbonyl (C=O) groups is 3.